The van der Waals surface area contributed by atoms with Gasteiger partial charge in [-0.05, 0) is 55.6 Å². The lowest BCUT2D eigenvalue weighted by atomic mass is 10.0. The number of carbonyl (C=O) groups excluding carboxylic acids is 1. The molecule has 6 nitrogen and oxygen atoms in total. The van der Waals surface area contributed by atoms with Crippen molar-refractivity contribution < 1.29 is 28.2 Å². The molecule has 1 aliphatic heterocycles. The number of rotatable bonds is 12. The maximum atomic E-state index is 11.7. The van der Waals surface area contributed by atoms with Crippen molar-refractivity contribution in [3.8, 4) is 5.75 Å². The summed E-state index contributed by atoms with van der Waals surface area (Å²) in [6.07, 6.45) is 10.3. The van der Waals surface area contributed by atoms with E-state index in [1.807, 2.05) is 24.3 Å². The van der Waals surface area contributed by atoms with E-state index in [0.29, 0.717) is 19.6 Å². The van der Waals surface area contributed by atoms with E-state index in [4.69, 9.17) is 23.4 Å². The van der Waals surface area contributed by atoms with Crippen molar-refractivity contribution in [1.29, 1.82) is 0 Å². The highest BCUT2D eigenvalue weighted by molar-refractivity contribution is 6.74. The summed E-state index contributed by atoms with van der Waals surface area (Å²) in [6.45, 7) is 14.3. The highest BCUT2D eigenvalue weighted by atomic mass is 28.4. The number of methoxy groups -OCH3 is 2. The van der Waals surface area contributed by atoms with Gasteiger partial charge < -0.3 is 23.4 Å². The third-order valence-corrected chi connectivity index (χ3v) is 11.3. The molecule has 3 atom stereocenters. The first-order valence-corrected chi connectivity index (χ1v) is 15.5. The van der Waals surface area contributed by atoms with E-state index in [1.165, 1.54) is 18.8 Å². The van der Waals surface area contributed by atoms with Gasteiger partial charge in [0.1, 0.15) is 5.75 Å². The van der Waals surface area contributed by atoms with Gasteiger partial charge >= 0.3 is 5.97 Å². The Bertz CT molecular complexity index is 911. The number of benzene rings is 1. The molecule has 0 saturated carbocycles. The van der Waals surface area contributed by atoms with E-state index in [1.54, 1.807) is 13.2 Å². The van der Waals surface area contributed by atoms with Crippen molar-refractivity contribution >= 4 is 14.3 Å². The minimum Gasteiger partial charge on any atom is -0.497 e. The first-order valence-electron chi connectivity index (χ1n) is 12.6. The Balaban J connectivity index is 2.31. The van der Waals surface area contributed by atoms with Crippen LogP contribution >= 0.6 is 0 Å². The summed E-state index contributed by atoms with van der Waals surface area (Å²) in [5, 5.41) is 0.0299. The molecular formula is C29H44O6Si. The number of hydrogen-bond acceptors (Lipinski definition) is 6. The summed E-state index contributed by atoms with van der Waals surface area (Å²) in [4.78, 5) is 11.7. The average Bonchev–Trinajstić information content (AvgIpc) is 2.83. The minimum absolute atomic E-state index is 0.00775. The fraction of sp³-hybridized carbons (Fsp3) is 0.552. The van der Waals surface area contributed by atoms with E-state index in [2.05, 4.69) is 59.0 Å². The Hall–Kier alpha value is -2.19. The summed E-state index contributed by atoms with van der Waals surface area (Å²) < 4.78 is 29.3. The Kier molecular flexibility index (Phi) is 11.6. The smallest absolute Gasteiger partial charge is 0.330 e. The van der Waals surface area contributed by atoms with Crippen LogP contribution in [0.1, 0.15) is 46.1 Å². The molecule has 200 valence electrons. The number of esters is 1. The summed E-state index contributed by atoms with van der Waals surface area (Å²) in [7, 11) is 0.887. The molecule has 0 unspecified atom stereocenters. The molecule has 0 fully saturated rings. The molecule has 1 aliphatic rings. The maximum Gasteiger partial charge on any atom is 0.330 e. The van der Waals surface area contributed by atoms with Crippen molar-refractivity contribution in [3.05, 3.63) is 65.8 Å². The van der Waals surface area contributed by atoms with Crippen molar-refractivity contribution in [2.75, 3.05) is 20.8 Å². The van der Waals surface area contributed by atoms with Crippen molar-refractivity contribution in [3.63, 3.8) is 0 Å². The van der Waals surface area contributed by atoms with Crippen LogP contribution in [0.3, 0.4) is 0 Å². The Morgan fingerprint density at radius 1 is 1.19 bits per heavy atom. The van der Waals surface area contributed by atoms with Crippen LogP contribution in [0.25, 0.3) is 0 Å². The fourth-order valence-corrected chi connectivity index (χ4v) is 4.74. The second-order valence-electron chi connectivity index (χ2n) is 10.7. The molecule has 36 heavy (non-hydrogen) atoms. The summed E-state index contributed by atoms with van der Waals surface area (Å²) >= 11 is 0. The molecule has 2 rings (SSSR count). The molecule has 0 spiro atoms. The number of carbonyl (C=O) groups is 1. The van der Waals surface area contributed by atoms with Crippen LogP contribution < -0.4 is 4.74 Å². The monoisotopic (exact) mass is 516 g/mol. The van der Waals surface area contributed by atoms with Crippen LogP contribution in [0.15, 0.2) is 60.2 Å². The third kappa shape index (κ3) is 9.69. The molecule has 1 heterocycles. The van der Waals surface area contributed by atoms with Crippen LogP contribution in [0, 0.1) is 0 Å². The molecule has 1 aromatic rings. The van der Waals surface area contributed by atoms with Crippen LogP contribution in [0.5, 0.6) is 5.75 Å². The van der Waals surface area contributed by atoms with Gasteiger partial charge in [-0.25, -0.2) is 4.79 Å². The van der Waals surface area contributed by atoms with E-state index < -0.39 is 8.32 Å². The van der Waals surface area contributed by atoms with Gasteiger partial charge in [-0.15, -0.1) is 0 Å². The zero-order valence-electron chi connectivity index (χ0n) is 23.2. The average molecular weight is 517 g/mol. The Morgan fingerprint density at radius 2 is 1.89 bits per heavy atom. The van der Waals surface area contributed by atoms with Gasteiger partial charge in [0, 0.05) is 6.08 Å². The van der Waals surface area contributed by atoms with Gasteiger partial charge in [-0.2, -0.15) is 0 Å². The summed E-state index contributed by atoms with van der Waals surface area (Å²) in [5.74, 6) is 0.411. The van der Waals surface area contributed by atoms with Crippen LogP contribution in [0.2, 0.25) is 18.1 Å². The third-order valence-electron chi connectivity index (χ3n) is 6.83. The zero-order valence-corrected chi connectivity index (χ0v) is 24.2. The van der Waals surface area contributed by atoms with Crippen molar-refractivity contribution in [1.82, 2.24) is 0 Å². The molecule has 0 aliphatic carbocycles. The first kappa shape index (κ1) is 30.0. The Labute approximate surface area is 218 Å². The predicted octanol–water partition coefficient (Wildman–Crippen LogP) is 6.38. The molecule has 0 amide bonds. The van der Waals surface area contributed by atoms with Gasteiger partial charge in [-0.1, -0.05) is 62.8 Å². The summed E-state index contributed by atoms with van der Waals surface area (Å²) in [6, 6.07) is 7.82. The zero-order chi connectivity index (χ0) is 26.8. The van der Waals surface area contributed by atoms with E-state index in [9.17, 15) is 4.79 Å². The highest BCUT2D eigenvalue weighted by Crippen LogP contribution is 2.38. The van der Waals surface area contributed by atoms with Gasteiger partial charge in [0.2, 0.25) is 0 Å². The molecular weight excluding hydrogens is 472 g/mol. The van der Waals surface area contributed by atoms with Gasteiger partial charge in [0.25, 0.3) is 0 Å². The molecule has 0 radical (unpaired) electrons. The number of ether oxygens (including phenoxy) is 4. The van der Waals surface area contributed by atoms with E-state index in [-0.39, 0.29) is 29.3 Å². The molecule has 1 aromatic carbocycles. The van der Waals surface area contributed by atoms with Gasteiger partial charge in [0.15, 0.2) is 8.32 Å². The van der Waals surface area contributed by atoms with Crippen LogP contribution in [-0.4, -0.2) is 53.4 Å². The number of hydrogen-bond donors (Lipinski definition) is 0. The minimum atomic E-state index is -2.14. The molecule has 0 aromatic heterocycles. The molecule has 0 saturated heterocycles. The largest absolute Gasteiger partial charge is 0.497 e. The molecule has 0 bridgehead atoms. The second kappa shape index (κ2) is 13.9. The van der Waals surface area contributed by atoms with Crippen LogP contribution in [0.4, 0.5) is 0 Å². The topological polar surface area (TPSA) is 63.2 Å². The first-order chi connectivity index (χ1) is 16.9. The highest BCUT2D eigenvalue weighted by Gasteiger charge is 2.40. The quantitative estimate of drug-likeness (QED) is 0.139. The lowest BCUT2D eigenvalue weighted by molar-refractivity contribution is -0.134. The summed E-state index contributed by atoms with van der Waals surface area (Å²) in [5.41, 5.74) is 2.36. The maximum absolute atomic E-state index is 11.7. The van der Waals surface area contributed by atoms with Gasteiger partial charge in [-0.3, -0.25) is 0 Å². The van der Waals surface area contributed by atoms with Crippen molar-refractivity contribution in [2.24, 2.45) is 0 Å². The molecule has 0 N–H and O–H groups in total. The SMILES string of the molecule is COC(=O)/C=C/C[C@H](OCc1ccc(OC)cc1)[C@H](/C=C/[C@@H]1CC(C)=CCO1)O[Si](C)(C)C(C)(C)C. The fourth-order valence-electron chi connectivity index (χ4n) is 3.48. The molecule has 7 heteroatoms. The van der Waals surface area contributed by atoms with Gasteiger partial charge in [0.05, 0.1) is 45.7 Å². The van der Waals surface area contributed by atoms with E-state index in [0.717, 1.165) is 17.7 Å². The second-order valence-corrected chi connectivity index (χ2v) is 15.5. The normalized spacial score (nSPS) is 18.8. The standard InChI is InChI=1S/C29H44O6Si/c1-22-18-19-33-25(20-22)16-17-27(35-36(7,8)29(2,3)4)26(10-9-11-28(30)32-6)34-21-23-12-14-24(31-5)15-13-23/h9,11-18,25-27H,10,19-21H2,1-8H3/b11-9+,17-16+/t25-,26+,27+/m1/s1. The lowest BCUT2D eigenvalue weighted by Gasteiger charge is -2.40. The predicted molar refractivity (Wildman–Crippen MR) is 147 cm³/mol. The van der Waals surface area contributed by atoms with Crippen molar-refractivity contribution in [2.45, 2.75) is 83.6 Å². The lowest BCUT2D eigenvalue weighted by Crippen LogP contribution is -2.47. The van der Waals surface area contributed by atoms with Crippen LogP contribution in [-0.2, 0) is 30.0 Å². The Morgan fingerprint density at radius 3 is 2.47 bits per heavy atom. The van der Waals surface area contributed by atoms with E-state index >= 15 is 0 Å².